The molecule has 2 rings (SSSR count). The van der Waals surface area contributed by atoms with Gasteiger partial charge in [0.1, 0.15) is 5.69 Å². The Hall–Kier alpha value is -2.31. The molecule has 1 fully saturated rings. The summed E-state index contributed by atoms with van der Waals surface area (Å²) in [4.78, 5) is 28.4. The second kappa shape index (κ2) is 9.10. The van der Waals surface area contributed by atoms with Crippen LogP contribution in [-0.2, 0) is 9.53 Å². The smallest absolute Gasteiger partial charge is 0.319 e. The molecule has 0 bridgehead atoms. The summed E-state index contributed by atoms with van der Waals surface area (Å²) in [6, 6.07) is 2.81. The van der Waals surface area contributed by atoms with E-state index in [1.165, 1.54) is 14.2 Å². The van der Waals surface area contributed by atoms with Crippen LogP contribution < -0.4 is 15.4 Å². The summed E-state index contributed by atoms with van der Waals surface area (Å²) in [5.41, 5.74) is 0.484. The molecule has 0 aliphatic heterocycles. The number of pyridine rings is 1. The van der Waals surface area contributed by atoms with Crippen LogP contribution in [0.4, 0.5) is 10.5 Å². The van der Waals surface area contributed by atoms with Gasteiger partial charge in [0.15, 0.2) is 0 Å². The first kappa shape index (κ1) is 18.0. The second-order valence-corrected chi connectivity index (χ2v) is 5.89. The van der Waals surface area contributed by atoms with E-state index in [-0.39, 0.29) is 24.0 Å². The van der Waals surface area contributed by atoms with Gasteiger partial charge in [-0.1, -0.05) is 25.7 Å². The molecule has 0 spiro atoms. The van der Waals surface area contributed by atoms with E-state index in [1.54, 1.807) is 18.3 Å². The summed E-state index contributed by atoms with van der Waals surface area (Å²) in [5, 5.41) is 5.65. The largest absolute Gasteiger partial charge is 0.480 e. The fourth-order valence-electron chi connectivity index (χ4n) is 3.07. The lowest BCUT2D eigenvalue weighted by atomic mass is 9.87. The number of carbonyl (C=O) groups is 2. The average molecular weight is 335 g/mol. The number of anilines is 1. The summed E-state index contributed by atoms with van der Waals surface area (Å²) in [7, 11) is 2.88. The molecule has 0 aromatic carbocycles. The number of amides is 2. The summed E-state index contributed by atoms with van der Waals surface area (Å²) < 4.78 is 10.0. The molecular formula is C17H25N3O4. The summed E-state index contributed by atoms with van der Waals surface area (Å²) in [5.74, 6) is -0.229. The van der Waals surface area contributed by atoms with Gasteiger partial charge in [0.2, 0.25) is 5.88 Å². The van der Waals surface area contributed by atoms with Gasteiger partial charge in [0.25, 0.3) is 0 Å². The number of nitrogens with one attached hydrogen (secondary N) is 2. The van der Waals surface area contributed by atoms with Crippen LogP contribution in [0.2, 0.25) is 0 Å². The quantitative estimate of drug-likeness (QED) is 0.826. The fraction of sp³-hybridized carbons (Fsp3) is 0.588. The third-order valence-electron chi connectivity index (χ3n) is 4.30. The number of hydrogen-bond acceptors (Lipinski definition) is 5. The first-order chi connectivity index (χ1) is 11.7. The van der Waals surface area contributed by atoms with Gasteiger partial charge in [-0.3, -0.25) is 4.79 Å². The molecule has 0 radical (unpaired) electrons. The van der Waals surface area contributed by atoms with Crippen molar-refractivity contribution in [2.45, 2.75) is 44.6 Å². The molecule has 1 aliphatic rings. The van der Waals surface area contributed by atoms with Gasteiger partial charge in [-0.05, 0) is 25.0 Å². The predicted molar refractivity (Wildman–Crippen MR) is 89.9 cm³/mol. The number of aromatic nitrogens is 1. The van der Waals surface area contributed by atoms with Crippen molar-refractivity contribution in [1.82, 2.24) is 10.3 Å². The minimum Gasteiger partial charge on any atom is -0.480 e. The molecule has 7 heteroatoms. The van der Waals surface area contributed by atoms with Crippen molar-refractivity contribution in [3.8, 4) is 5.88 Å². The lowest BCUT2D eigenvalue weighted by molar-refractivity contribution is -0.146. The molecule has 0 saturated heterocycles. The highest BCUT2D eigenvalue weighted by Gasteiger charge is 2.31. The Bertz CT molecular complexity index is 565. The molecule has 2 atom stereocenters. The number of rotatable bonds is 4. The molecule has 1 aromatic rings. The highest BCUT2D eigenvalue weighted by atomic mass is 16.5. The molecule has 132 valence electrons. The maximum atomic E-state index is 12.3. The van der Waals surface area contributed by atoms with Gasteiger partial charge in [-0.2, -0.15) is 0 Å². The van der Waals surface area contributed by atoms with Crippen molar-refractivity contribution >= 4 is 17.7 Å². The number of carbonyl (C=O) groups excluding carboxylic acids is 2. The molecule has 1 aromatic heterocycles. The Morgan fingerprint density at radius 1 is 1.17 bits per heavy atom. The lowest BCUT2D eigenvalue weighted by Crippen LogP contribution is -2.46. The first-order valence-corrected chi connectivity index (χ1v) is 8.30. The van der Waals surface area contributed by atoms with E-state index in [0.717, 1.165) is 38.5 Å². The Balaban J connectivity index is 2.04. The summed E-state index contributed by atoms with van der Waals surface area (Å²) in [6.07, 6.45) is 7.25. The van der Waals surface area contributed by atoms with Gasteiger partial charge < -0.3 is 20.1 Å². The zero-order valence-electron chi connectivity index (χ0n) is 14.2. The zero-order chi connectivity index (χ0) is 17.4. The van der Waals surface area contributed by atoms with Crippen LogP contribution in [0.3, 0.4) is 0 Å². The van der Waals surface area contributed by atoms with Gasteiger partial charge in [-0.15, -0.1) is 0 Å². The van der Waals surface area contributed by atoms with Crippen LogP contribution in [0.5, 0.6) is 5.88 Å². The third kappa shape index (κ3) is 4.84. The number of methoxy groups -OCH3 is 2. The van der Waals surface area contributed by atoms with Crippen molar-refractivity contribution in [3.63, 3.8) is 0 Å². The van der Waals surface area contributed by atoms with Crippen LogP contribution >= 0.6 is 0 Å². The van der Waals surface area contributed by atoms with Crippen molar-refractivity contribution in [3.05, 3.63) is 18.3 Å². The maximum Gasteiger partial charge on any atom is 0.319 e. The van der Waals surface area contributed by atoms with E-state index in [9.17, 15) is 9.59 Å². The second-order valence-electron chi connectivity index (χ2n) is 5.89. The van der Waals surface area contributed by atoms with E-state index in [1.807, 2.05) is 0 Å². The van der Waals surface area contributed by atoms with Crippen molar-refractivity contribution in [2.75, 3.05) is 19.5 Å². The Morgan fingerprint density at radius 3 is 2.62 bits per heavy atom. The van der Waals surface area contributed by atoms with Crippen LogP contribution in [-0.4, -0.2) is 37.2 Å². The SMILES string of the molecule is COC(=O)[C@@H]1CCCCCC[C@@H]1NC(=O)Nc1cccnc1OC. The number of nitrogens with zero attached hydrogens (tertiary/aromatic N) is 1. The molecule has 1 aliphatic carbocycles. The minimum absolute atomic E-state index is 0.236. The summed E-state index contributed by atoms with van der Waals surface area (Å²) in [6.45, 7) is 0. The molecule has 2 N–H and O–H groups in total. The zero-order valence-corrected chi connectivity index (χ0v) is 14.2. The van der Waals surface area contributed by atoms with Gasteiger partial charge in [-0.25, -0.2) is 9.78 Å². The van der Waals surface area contributed by atoms with E-state index >= 15 is 0 Å². The topological polar surface area (TPSA) is 89.5 Å². The molecule has 0 unspecified atom stereocenters. The number of ether oxygens (including phenoxy) is 2. The normalized spacial score (nSPS) is 21.1. The number of esters is 1. The third-order valence-corrected chi connectivity index (χ3v) is 4.30. The molecule has 1 heterocycles. The summed E-state index contributed by atoms with van der Waals surface area (Å²) >= 11 is 0. The monoisotopic (exact) mass is 335 g/mol. The van der Waals surface area contributed by atoms with Gasteiger partial charge in [0, 0.05) is 12.2 Å². The molecule has 24 heavy (non-hydrogen) atoms. The van der Waals surface area contributed by atoms with E-state index in [2.05, 4.69) is 15.6 Å². The van der Waals surface area contributed by atoms with Crippen molar-refractivity contribution in [2.24, 2.45) is 5.92 Å². The minimum atomic E-state index is -0.374. The highest BCUT2D eigenvalue weighted by molar-refractivity contribution is 5.91. The van der Waals surface area contributed by atoms with Crippen LogP contribution in [0.25, 0.3) is 0 Å². The number of hydrogen-bond donors (Lipinski definition) is 2. The Morgan fingerprint density at radius 2 is 1.92 bits per heavy atom. The average Bonchev–Trinajstić information content (AvgIpc) is 2.57. The number of urea groups is 1. The van der Waals surface area contributed by atoms with Crippen LogP contribution in [0.15, 0.2) is 18.3 Å². The van der Waals surface area contributed by atoms with E-state index in [4.69, 9.17) is 9.47 Å². The lowest BCUT2D eigenvalue weighted by Gasteiger charge is -2.28. The molecule has 7 nitrogen and oxygen atoms in total. The van der Waals surface area contributed by atoms with Gasteiger partial charge >= 0.3 is 12.0 Å². The molecule has 2 amide bonds. The Kier molecular flexibility index (Phi) is 6.84. The first-order valence-electron chi connectivity index (χ1n) is 8.30. The maximum absolute atomic E-state index is 12.3. The van der Waals surface area contributed by atoms with Crippen LogP contribution in [0, 0.1) is 5.92 Å². The standard InChI is InChI=1S/C17H25N3O4/c1-23-15-14(10-7-11-18-15)20-17(22)19-13-9-6-4-3-5-8-12(13)16(21)24-2/h7,10-13H,3-6,8-9H2,1-2H3,(H2,19,20,22)/t12-,13+/m1/s1. The molecular weight excluding hydrogens is 310 g/mol. The highest BCUT2D eigenvalue weighted by Crippen LogP contribution is 2.25. The van der Waals surface area contributed by atoms with E-state index < -0.39 is 0 Å². The van der Waals surface area contributed by atoms with Gasteiger partial charge in [0.05, 0.1) is 20.1 Å². The van der Waals surface area contributed by atoms with Crippen molar-refractivity contribution in [1.29, 1.82) is 0 Å². The van der Waals surface area contributed by atoms with Crippen molar-refractivity contribution < 1.29 is 19.1 Å². The Labute approximate surface area is 142 Å². The van der Waals surface area contributed by atoms with E-state index in [0.29, 0.717) is 11.6 Å². The predicted octanol–water partition coefficient (Wildman–Crippen LogP) is 2.72. The van der Waals surface area contributed by atoms with Crippen LogP contribution in [0.1, 0.15) is 38.5 Å². The fourth-order valence-corrected chi connectivity index (χ4v) is 3.07. The molecule has 1 saturated carbocycles.